The number of aromatic nitrogens is 7. The van der Waals surface area contributed by atoms with Crippen molar-refractivity contribution in [2.45, 2.75) is 40.8 Å². The number of fused-ring (bicyclic) bond motifs is 2. The van der Waals surface area contributed by atoms with E-state index >= 15 is 0 Å². The van der Waals surface area contributed by atoms with E-state index < -0.39 is 0 Å². The van der Waals surface area contributed by atoms with Crippen molar-refractivity contribution in [1.82, 2.24) is 34.1 Å². The molecule has 162 valence electrons. The van der Waals surface area contributed by atoms with Crippen LogP contribution in [0.2, 0.25) is 0 Å². The second-order valence-corrected chi connectivity index (χ2v) is 8.12. The fraction of sp³-hybridized carbons (Fsp3) is 0.261. The first kappa shape index (κ1) is 19.9. The predicted octanol–water partition coefficient (Wildman–Crippen LogP) is 3.35. The summed E-state index contributed by atoms with van der Waals surface area (Å²) in [6.45, 7) is 9.33. The third-order valence-electron chi connectivity index (χ3n) is 5.87. The highest BCUT2D eigenvalue weighted by atomic mass is 15.3. The molecular weight excluding hydrogens is 402 g/mol. The number of nitrogen functional groups attached to an aromatic ring is 1. The van der Waals surface area contributed by atoms with Gasteiger partial charge in [-0.25, -0.2) is 19.9 Å². The molecule has 9 heteroatoms. The van der Waals surface area contributed by atoms with E-state index in [-0.39, 0.29) is 0 Å². The van der Waals surface area contributed by atoms with Gasteiger partial charge in [-0.3, -0.25) is 4.68 Å². The Morgan fingerprint density at radius 3 is 2.66 bits per heavy atom. The van der Waals surface area contributed by atoms with Gasteiger partial charge in [0.2, 0.25) is 0 Å². The molecule has 0 aliphatic carbocycles. The van der Waals surface area contributed by atoms with Gasteiger partial charge in [0.15, 0.2) is 5.65 Å². The minimum Gasteiger partial charge on any atom is -0.384 e. The number of rotatable bonds is 5. The van der Waals surface area contributed by atoms with Crippen LogP contribution in [0.3, 0.4) is 0 Å². The van der Waals surface area contributed by atoms with Crippen LogP contribution >= 0.6 is 0 Å². The van der Waals surface area contributed by atoms with Crippen LogP contribution in [0.1, 0.15) is 33.8 Å². The highest BCUT2D eigenvalue weighted by Crippen LogP contribution is 2.22. The largest absolute Gasteiger partial charge is 0.384 e. The molecule has 0 unspecified atom stereocenters. The second kappa shape index (κ2) is 7.60. The van der Waals surface area contributed by atoms with Crippen LogP contribution in [0.4, 0.5) is 11.6 Å². The molecule has 0 aliphatic heterocycles. The predicted molar refractivity (Wildman–Crippen MR) is 125 cm³/mol. The molecule has 0 fully saturated rings. The summed E-state index contributed by atoms with van der Waals surface area (Å²) in [5.74, 6) is 1.28. The van der Waals surface area contributed by atoms with Crippen molar-refractivity contribution in [1.29, 1.82) is 0 Å². The number of nitrogens with one attached hydrogen (secondary N) is 1. The SMILES string of the molecule is Cc1cc(N)nc(C)c1CNc1ncnc2nn(Cc3ccc4nc(C)c(C)n4c3)cc12. The molecule has 3 N–H and O–H groups in total. The lowest BCUT2D eigenvalue weighted by Gasteiger charge is -2.12. The molecule has 5 rings (SSSR count). The van der Waals surface area contributed by atoms with Crippen LogP contribution in [0.15, 0.2) is 36.9 Å². The molecule has 0 saturated carbocycles. The number of imidazole rings is 1. The van der Waals surface area contributed by atoms with Crippen molar-refractivity contribution in [2.75, 3.05) is 11.1 Å². The first-order valence-corrected chi connectivity index (χ1v) is 10.5. The van der Waals surface area contributed by atoms with E-state index in [0.29, 0.717) is 24.6 Å². The number of hydrogen-bond donors (Lipinski definition) is 2. The molecule has 0 spiro atoms. The fourth-order valence-electron chi connectivity index (χ4n) is 4.04. The summed E-state index contributed by atoms with van der Waals surface area (Å²) in [5.41, 5.74) is 13.9. The van der Waals surface area contributed by atoms with Crippen molar-refractivity contribution in [3.05, 3.63) is 70.7 Å². The number of aryl methyl sites for hydroxylation is 4. The molecule has 5 aromatic rings. The average Bonchev–Trinajstić information content (AvgIpc) is 3.28. The van der Waals surface area contributed by atoms with Crippen LogP contribution in [-0.2, 0) is 13.1 Å². The van der Waals surface area contributed by atoms with Gasteiger partial charge in [0.1, 0.15) is 23.6 Å². The Morgan fingerprint density at radius 2 is 1.84 bits per heavy atom. The summed E-state index contributed by atoms with van der Waals surface area (Å²) < 4.78 is 4.01. The molecule has 5 aromatic heterocycles. The van der Waals surface area contributed by atoms with Crippen molar-refractivity contribution < 1.29 is 0 Å². The van der Waals surface area contributed by atoms with Crippen molar-refractivity contribution in [2.24, 2.45) is 0 Å². The summed E-state index contributed by atoms with van der Waals surface area (Å²) in [4.78, 5) is 17.7. The zero-order chi connectivity index (χ0) is 22.4. The average molecular weight is 428 g/mol. The van der Waals surface area contributed by atoms with Gasteiger partial charge in [0, 0.05) is 30.3 Å². The number of anilines is 2. The standard InChI is InChI=1S/C23H25N9/c1-13-7-20(24)28-15(3)18(13)8-25-22-19-11-31(30-23(19)27-12-26-22)9-17-5-6-21-29-14(2)16(4)32(21)10-17/h5-7,10-12H,8-9H2,1-4H3,(H2,24,28)(H,25,26,27,30). The minimum absolute atomic E-state index is 0.536. The maximum Gasteiger partial charge on any atom is 0.186 e. The highest BCUT2D eigenvalue weighted by molar-refractivity contribution is 5.85. The van der Waals surface area contributed by atoms with Crippen molar-refractivity contribution >= 4 is 28.3 Å². The normalized spacial score (nSPS) is 11.5. The smallest absolute Gasteiger partial charge is 0.186 e. The zero-order valence-corrected chi connectivity index (χ0v) is 18.6. The minimum atomic E-state index is 0.536. The molecule has 9 nitrogen and oxygen atoms in total. The second-order valence-electron chi connectivity index (χ2n) is 8.12. The molecule has 5 heterocycles. The lowest BCUT2D eigenvalue weighted by Crippen LogP contribution is -2.08. The summed E-state index contributed by atoms with van der Waals surface area (Å²) in [6.07, 6.45) is 5.63. The van der Waals surface area contributed by atoms with Crippen LogP contribution in [0.25, 0.3) is 16.7 Å². The van der Waals surface area contributed by atoms with Gasteiger partial charge in [-0.2, -0.15) is 5.10 Å². The van der Waals surface area contributed by atoms with Gasteiger partial charge in [-0.05, 0) is 56.5 Å². The molecule has 32 heavy (non-hydrogen) atoms. The number of nitrogens with zero attached hydrogens (tertiary/aromatic N) is 7. The Balaban J connectivity index is 1.42. The molecule has 0 aromatic carbocycles. The van der Waals surface area contributed by atoms with E-state index in [1.807, 2.05) is 43.8 Å². The molecule has 0 radical (unpaired) electrons. The highest BCUT2D eigenvalue weighted by Gasteiger charge is 2.12. The fourth-order valence-corrected chi connectivity index (χ4v) is 4.04. The molecule has 0 atom stereocenters. The van der Waals surface area contributed by atoms with Crippen LogP contribution < -0.4 is 11.1 Å². The van der Waals surface area contributed by atoms with E-state index in [1.165, 1.54) is 6.33 Å². The number of hydrogen-bond acceptors (Lipinski definition) is 7. The number of nitrogens with two attached hydrogens (primary N) is 1. The van der Waals surface area contributed by atoms with Gasteiger partial charge in [0.25, 0.3) is 0 Å². The quantitative estimate of drug-likeness (QED) is 0.442. The molecule has 0 saturated heterocycles. The monoisotopic (exact) mass is 427 g/mol. The lowest BCUT2D eigenvalue weighted by atomic mass is 10.1. The van der Waals surface area contributed by atoms with Crippen LogP contribution in [0, 0.1) is 27.7 Å². The lowest BCUT2D eigenvalue weighted by molar-refractivity contribution is 0.690. The molecule has 0 aliphatic rings. The first-order valence-electron chi connectivity index (χ1n) is 10.5. The molecule has 0 amide bonds. The van der Waals surface area contributed by atoms with Gasteiger partial charge in [0.05, 0.1) is 17.6 Å². The van der Waals surface area contributed by atoms with E-state index in [4.69, 9.17) is 5.73 Å². The van der Waals surface area contributed by atoms with Gasteiger partial charge in [-0.15, -0.1) is 0 Å². The van der Waals surface area contributed by atoms with E-state index in [1.54, 1.807) is 0 Å². The zero-order valence-electron chi connectivity index (χ0n) is 18.6. The maximum absolute atomic E-state index is 5.85. The van der Waals surface area contributed by atoms with Crippen LogP contribution in [0.5, 0.6) is 0 Å². The third-order valence-corrected chi connectivity index (χ3v) is 5.87. The molecular formula is C23H25N9. The van der Waals surface area contributed by atoms with Gasteiger partial charge < -0.3 is 15.5 Å². The van der Waals surface area contributed by atoms with Crippen molar-refractivity contribution in [3.8, 4) is 0 Å². The summed E-state index contributed by atoms with van der Waals surface area (Å²) >= 11 is 0. The van der Waals surface area contributed by atoms with E-state index in [9.17, 15) is 0 Å². The summed E-state index contributed by atoms with van der Waals surface area (Å²) in [7, 11) is 0. The summed E-state index contributed by atoms with van der Waals surface area (Å²) in [5, 5.41) is 8.95. The number of pyridine rings is 2. The van der Waals surface area contributed by atoms with Crippen LogP contribution in [-0.4, -0.2) is 34.1 Å². The molecule has 0 bridgehead atoms. The van der Waals surface area contributed by atoms with Gasteiger partial charge >= 0.3 is 0 Å². The topological polar surface area (TPSA) is 112 Å². The third kappa shape index (κ3) is 3.51. The Kier molecular flexibility index (Phi) is 4.73. The Bertz CT molecular complexity index is 1440. The maximum atomic E-state index is 5.85. The first-order chi connectivity index (χ1) is 15.4. The van der Waals surface area contributed by atoms with Gasteiger partial charge in [-0.1, -0.05) is 6.07 Å². The Labute approximate surface area is 185 Å². The van der Waals surface area contributed by atoms with Crippen molar-refractivity contribution in [3.63, 3.8) is 0 Å². The summed E-state index contributed by atoms with van der Waals surface area (Å²) in [6, 6.07) is 6.01. The van der Waals surface area contributed by atoms with E-state index in [0.717, 1.165) is 50.6 Å². The van der Waals surface area contributed by atoms with E-state index in [2.05, 4.69) is 53.9 Å². The Morgan fingerprint density at radius 1 is 1.00 bits per heavy atom. The Hall–Kier alpha value is -4.01.